The second kappa shape index (κ2) is 5.71. The number of benzene rings is 1. The van der Waals surface area contributed by atoms with E-state index in [1.54, 1.807) is 0 Å². The lowest BCUT2D eigenvalue weighted by molar-refractivity contribution is -0.119. The molecule has 0 fully saturated rings. The highest BCUT2D eigenvalue weighted by Gasteiger charge is 2.45. The van der Waals surface area contributed by atoms with Crippen LogP contribution in [0.3, 0.4) is 0 Å². The molecule has 0 spiro atoms. The maximum Gasteiger partial charge on any atom is 0.231 e. The van der Waals surface area contributed by atoms with E-state index in [1.165, 1.54) is 6.07 Å². The molecule has 1 aliphatic carbocycles. The van der Waals surface area contributed by atoms with E-state index in [4.69, 9.17) is 19.9 Å². The van der Waals surface area contributed by atoms with Gasteiger partial charge in [0.2, 0.25) is 24.3 Å². The number of allylic oxidation sites excluding steroid dienone is 3. The maximum atomic E-state index is 14.4. The van der Waals surface area contributed by atoms with Crippen molar-refractivity contribution in [3.05, 3.63) is 46.1 Å². The summed E-state index contributed by atoms with van der Waals surface area (Å²) in [5, 5.41) is 9.60. The van der Waals surface area contributed by atoms with Gasteiger partial charge in [-0.15, -0.1) is 0 Å². The number of ether oxygens (including phenoxy) is 3. The number of hydrogen-bond acceptors (Lipinski definition) is 6. The first kappa shape index (κ1) is 17.3. The fourth-order valence-corrected chi connectivity index (χ4v) is 3.82. The van der Waals surface area contributed by atoms with Crippen LogP contribution in [0.2, 0.25) is 0 Å². The molecule has 1 unspecified atom stereocenters. The van der Waals surface area contributed by atoms with Gasteiger partial charge in [-0.3, -0.25) is 4.79 Å². The highest BCUT2D eigenvalue weighted by molar-refractivity contribution is 6.00. The van der Waals surface area contributed by atoms with Gasteiger partial charge in [0, 0.05) is 24.0 Å². The summed E-state index contributed by atoms with van der Waals surface area (Å²) >= 11 is 0. The zero-order valence-electron chi connectivity index (χ0n) is 14.7. The van der Waals surface area contributed by atoms with E-state index in [2.05, 4.69) is 0 Å². The Kier molecular flexibility index (Phi) is 3.67. The third-order valence-electron chi connectivity index (χ3n) is 4.96. The van der Waals surface area contributed by atoms with Crippen LogP contribution in [0, 0.1) is 28.4 Å². The number of ketones is 1. The fourth-order valence-electron chi connectivity index (χ4n) is 3.82. The second-order valence-electron chi connectivity index (χ2n) is 7.53. The van der Waals surface area contributed by atoms with Gasteiger partial charge in [0.25, 0.3) is 0 Å². The topological polar surface area (TPSA) is 94.6 Å². The first-order valence-corrected chi connectivity index (χ1v) is 8.35. The predicted octanol–water partition coefficient (Wildman–Crippen LogP) is 3.14. The molecule has 6 nitrogen and oxygen atoms in total. The summed E-state index contributed by atoms with van der Waals surface area (Å²) in [4.78, 5) is 12.9. The van der Waals surface area contributed by atoms with Crippen molar-refractivity contribution in [2.24, 2.45) is 11.1 Å². The van der Waals surface area contributed by atoms with Crippen molar-refractivity contribution in [3.8, 4) is 17.6 Å². The summed E-state index contributed by atoms with van der Waals surface area (Å²) in [5.41, 5.74) is 5.87. The average molecular weight is 374 g/mol. The molecular weight excluding hydrogens is 358 g/mol. The van der Waals surface area contributed by atoms with Crippen molar-refractivity contribution in [1.29, 1.82) is 5.26 Å². The van der Waals surface area contributed by atoms with Gasteiger partial charge in [-0.25, -0.2) is 0 Å². The SMILES string of the molecule is CC1(C)CC(=O)C2=C(C1)OC(N)=C(C#N)C2c1cc2c(F)c(F)c1OCO2. The Hall–Kier alpha value is -3.08. The van der Waals surface area contributed by atoms with Crippen LogP contribution in [0.1, 0.15) is 38.2 Å². The number of nitriles is 1. The third-order valence-corrected chi connectivity index (χ3v) is 4.96. The monoisotopic (exact) mass is 374 g/mol. The number of nitrogens with zero attached hydrogens (tertiary/aromatic N) is 1. The summed E-state index contributed by atoms with van der Waals surface area (Å²) in [5.74, 6) is -4.22. The van der Waals surface area contributed by atoms with Crippen molar-refractivity contribution < 1.29 is 27.8 Å². The molecule has 1 atom stereocenters. The van der Waals surface area contributed by atoms with E-state index >= 15 is 0 Å². The molecule has 2 bridgehead atoms. The smallest absolute Gasteiger partial charge is 0.231 e. The Morgan fingerprint density at radius 1 is 1.26 bits per heavy atom. The summed E-state index contributed by atoms with van der Waals surface area (Å²) in [6.07, 6.45) is 0.654. The van der Waals surface area contributed by atoms with Gasteiger partial charge in [-0.1, -0.05) is 13.8 Å². The van der Waals surface area contributed by atoms with Gasteiger partial charge in [0.05, 0.1) is 5.92 Å². The highest BCUT2D eigenvalue weighted by atomic mass is 19.2. The van der Waals surface area contributed by atoms with Gasteiger partial charge in [0.1, 0.15) is 17.4 Å². The first-order valence-electron chi connectivity index (χ1n) is 8.35. The Morgan fingerprint density at radius 2 is 2.00 bits per heavy atom. The number of Topliss-reactive ketones (excluding diaryl/α,β-unsaturated/α-hetero) is 1. The molecule has 140 valence electrons. The van der Waals surface area contributed by atoms with Crippen molar-refractivity contribution in [2.45, 2.75) is 32.6 Å². The van der Waals surface area contributed by atoms with Crippen molar-refractivity contribution in [2.75, 3.05) is 6.79 Å². The van der Waals surface area contributed by atoms with Gasteiger partial charge >= 0.3 is 0 Å². The molecule has 27 heavy (non-hydrogen) atoms. The zero-order chi connectivity index (χ0) is 19.5. The van der Waals surface area contributed by atoms with Gasteiger partial charge in [-0.2, -0.15) is 14.0 Å². The molecule has 0 saturated carbocycles. The van der Waals surface area contributed by atoms with Crippen LogP contribution in [-0.2, 0) is 9.53 Å². The lowest BCUT2D eigenvalue weighted by Gasteiger charge is -2.37. The molecule has 8 heteroatoms. The number of carbonyl (C=O) groups excluding carboxylic acids is 1. The summed E-state index contributed by atoms with van der Waals surface area (Å²) in [6.45, 7) is 3.45. The lowest BCUT2D eigenvalue weighted by Crippen LogP contribution is -2.33. The minimum Gasteiger partial charge on any atom is -0.454 e. The van der Waals surface area contributed by atoms with Crippen LogP contribution >= 0.6 is 0 Å². The molecule has 5 rings (SSSR count). The molecule has 0 amide bonds. The Balaban J connectivity index is 1.98. The second-order valence-corrected chi connectivity index (χ2v) is 7.53. The largest absolute Gasteiger partial charge is 0.454 e. The highest BCUT2D eigenvalue weighted by Crippen LogP contribution is 2.51. The number of fused-ring (bicyclic) bond motifs is 4. The standard InChI is InChI=1S/C19H16F2N2O4/c1-19(2)4-10(24)14-12(5-19)27-18(23)9(6-22)13(14)8-3-11-15(20)16(21)17(8)26-7-25-11/h3,13H,4-5,7,23H2,1-2H3. The zero-order valence-corrected chi connectivity index (χ0v) is 14.7. The van der Waals surface area contributed by atoms with Crippen LogP contribution in [0.15, 0.2) is 28.9 Å². The molecule has 3 heterocycles. The minimum atomic E-state index is -1.23. The Labute approximate surface area is 153 Å². The number of hydrogen-bond donors (Lipinski definition) is 1. The van der Waals surface area contributed by atoms with Crippen LogP contribution in [0.5, 0.6) is 11.5 Å². The van der Waals surface area contributed by atoms with E-state index in [9.17, 15) is 18.8 Å². The van der Waals surface area contributed by atoms with Crippen LogP contribution in [0.25, 0.3) is 0 Å². The fraction of sp³-hybridized carbons (Fsp3) is 0.368. The summed E-state index contributed by atoms with van der Waals surface area (Å²) < 4.78 is 44.3. The Morgan fingerprint density at radius 3 is 2.70 bits per heavy atom. The molecule has 2 N–H and O–H groups in total. The van der Waals surface area contributed by atoms with Crippen molar-refractivity contribution in [3.63, 3.8) is 0 Å². The molecule has 0 saturated heterocycles. The van der Waals surface area contributed by atoms with Crippen LogP contribution < -0.4 is 15.2 Å². The number of halogens is 2. The molecule has 0 aromatic heterocycles. The minimum absolute atomic E-state index is 0.0504. The van der Waals surface area contributed by atoms with E-state index in [-0.39, 0.29) is 52.8 Å². The van der Waals surface area contributed by atoms with Crippen molar-refractivity contribution >= 4 is 5.78 Å². The van der Waals surface area contributed by atoms with Crippen LogP contribution in [-0.4, -0.2) is 12.6 Å². The average Bonchev–Trinajstić information content (AvgIpc) is 2.87. The Bertz CT molecular complexity index is 988. The van der Waals surface area contributed by atoms with Gasteiger partial charge < -0.3 is 19.9 Å². The molecular formula is C19H16F2N2O4. The quantitative estimate of drug-likeness (QED) is 0.811. The van der Waals surface area contributed by atoms with Gasteiger partial charge in [-0.05, 0) is 11.5 Å². The molecule has 4 aliphatic rings. The van der Waals surface area contributed by atoms with E-state index in [0.29, 0.717) is 12.2 Å². The maximum absolute atomic E-state index is 14.4. The molecule has 3 aliphatic heterocycles. The van der Waals surface area contributed by atoms with E-state index < -0.39 is 23.3 Å². The predicted molar refractivity (Wildman–Crippen MR) is 88.2 cm³/mol. The summed E-state index contributed by atoms with van der Waals surface area (Å²) in [6, 6.07) is 3.18. The lowest BCUT2D eigenvalue weighted by atomic mass is 9.70. The van der Waals surface area contributed by atoms with E-state index in [0.717, 1.165) is 0 Å². The summed E-state index contributed by atoms with van der Waals surface area (Å²) in [7, 11) is 0. The molecule has 1 aromatic carbocycles. The van der Waals surface area contributed by atoms with Crippen LogP contribution in [0.4, 0.5) is 8.78 Å². The third kappa shape index (κ3) is 2.53. The molecule has 0 radical (unpaired) electrons. The van der Waals surface area contributed by atoms with Crippen molar-refractivity contribution in [1.82, 2.24) is 0 Å². The normalized spacial score (nSPS) is 23.1. The molecule has 1 aromatic rings. The van der Waals surface area contributed by atoms with E-state index in [1.807, 2.05) is 19.9 Å². The number of carbonyl (C=O) groups is 1. The first-order chi connectivity index (χ1) is 12.7. The van der Waals surface area contributed by atoms with Gasteiger partial charge in [0.15, 0.2) is 17.3 Å². The number of nitrogens with two attached hydrogens (primary N) is 1. The number of rotatable bonds is 1.